The minimum atomic E-state index is -0.203. The van der Waals surface area contributed by atoms with E-state index >= 15 is 0 Å². The van der Waals surface area contributed by atoms with Crippen molar-refractivity contribution in [3.63, 3.8) is 0 Å². The van der Waals surface area contributed by atoms with Crippen molar-refractivity contribution in [2.45, 2.75) is 18.9 Å². The van der Waals surface area contributed by atoms with Gasteiger partial charge in [0.1, 0.15) is 12.0 Å². The Labute approximate surface area is 144 Å². The van der Waals surface area contributed by atoms with Crippen molar-refractivity contribution in [1.82, 2.24) is 34.8 Å². The van der Waals surface area contributed by atoms with E-state index in [-0.39, 0.29) is 11.9 Å². The van der Waals surface area contributed by atoms with E-state index in [9.17, 15) is 4.79 Å². The van der Waals surface area contributed by atoms with Crippen molar-refractivity contribution >= 4 is 22.9 Å². The SMILES string of the molecule is Cn1cnc2c(N3CCCC(NC(=O)c4cnccn4)C3)ncnc21. The molecule has 4 rings (SSSR count). The number of imidazole rings is 1. The number of hydrogen-bond acceptors (Lipinski definition) is 7. The van der Waals surface area contributed by atoms with E-state index in [0.29, 0.717) is 12.2 Å². The number of rotatable bonds is 3. The molecular weight excluding hydrogens is 320 g/mol. The van der Waals surface area contributed by atoms with Crippen LogP contribution in [-0.4, -0.2) is 54.5 Å². The molecule has 3 aromatic rings. The summed E-state index contributed by atoms with van der Waals surface area (Å²) in [5.74, 6) is 0.606. The average molecular weight is 338 g/mol. The summed E-state index contributed by atoms with van der Waals surface area (Å²) in [6.45, 7) is 1.55. The third-order valence-electron chi connectivity index (χ3n) is 4.33. The Morgan fingerprint density at radius 1 is 1.24 bits per heavy atom. The Bertz CT molecular complexity index is 894. The van der Waals surface area contributed by atoms with E-state index in [2.05, 4.69) is 35.1 Å². The van der Waals surface area contributed by atoms with Crippen LogP contribution in [0.2, 0.25) is 0 Å². The van der Waals surface area contributed by atoms with Gasteiger partial charge >= 0.3 is 0 Å². The van der Waals surface area contributed by atoms with Crippen LogP contribution in [0.15, 0.2) is 31.2 Å². The van der Waals surface area contributed by atoms with Gasteiger partial charge in [-0.1, -0.05) is 0 Å². The van der Waals surface area contributed by atoms with Crippen molar-refractivity contribution in [3.8, 4) is 0 Å². The van der Waals surface area contributed by atoms with E-state index in [0.717, 1.165) is 36.4 Å². The average Bonchev–Trinajstić information content (AvgIpc) is 3.04. The summed E-state index contributed by atoms with van der Waals surface area (Å²) in [4.78, 5) is 35.6. The molecule has 1 N–H and O–H groups in total. The summed E-state index contributed by atoms with van der Waals surface area (Å²) < 4.78 is 1.87. The van der Waals surface area contributed by atoms with E-state index in [1.54, 1.807) is 18.9 Å². The number of nitrogens with one attached hydrogen (secondary N) is 1. The lowest BCUT2D eigenvalue weighted by Gasteiger charge is -2.33. The maximum atomic E-state index is 12.3. The summed E-state index contributed by atoms with van der Waals surface area (Å²) >= 11 is 0. The van der Waals surface area contributed by atoms with Gasteiger partial charge in [-0.05, 0) is 12.8 Å². The molecule has 3 aromatic heterocycles. The molecule has 1 amide bonds. The van der Waals surface area contributed by atoms with Crippen LogP contribution in [0.25, 0.3) is 11.2 Å². The number of nitrogens with zero attached hydrogens (tertiary/aromatic N) is 7. The summed E-state index contributed by atoms with van der Waals surface area (Å²) in [7, 11) is 1.91. The van der Waals surface area contributed by atoms with Gasteiger partial charge in [0.2, 0.25) is 0 Å². The zero-order chi connectivity index (χ0) is 17.2. The fraction of sp³-hybridized carbons (Fsp3) is 0.375. The number of piperidine rings is 1. The Kier molecular flexibility index (Phi) is 3.96. The van der Waals surface area contributed by atoms with Crippen LogP contribution in [0.4, 0.5) is 5.82 Å². The molecule has 25 heavy (non-hydrogen) atoms. The van der Waals surface area contributed by atoms with Crippen molar-refractivity contribution in [3.05, 3.63) is 36.9 Å². The largest absolute Gasteiger partial charge is 0.353 e. The highest BCUT2D eigenvalue weighted by Crippen LogP contribution is 2.24. The number of carbonyl (C=O) groups excluding carboxylic acids is 1. The van der Waals surface area contributed by atoms with Gasteiger partial charge in [0.25, 0.3) is 5.91 Å². The Morgan fingerprint density at radius 2 is 2.16 bits per heavy atom. The molecule has 0 bridgehead atoms. The van der Waals surface area contributed by atoms with Crippen LogP contribution in [0.5, 0.6) is 0 Å². The number of hydrogen-bond donors (Lipinski definition) is 1. The number of fused-ring (bicyclic) bond motifs is 1. The highest BCUT2D eigenvalue weighted by molar-refractivity contribution is 5.92. The smallest absolute Gasteiger partial charge is 0.271 e. The fourth-order valence-electron chi connectivity index (χ4n) is 3.13. The Hall–Kier alpha value is -3.10. The summed E-state index contributed by atoms with van der Waals surface area (Å²) in [6, 6.07) is 0.0250. The zero-order valence-corrected chi connectivity index (χ0v) is 13.8. The predicted octanol–water partition coefficient (Wildman–Crippen LogP) is 0.552. The Morgan fingerprint density at radius 3 is 3.00 bits per heavy atom. The van der Waals surface area contributed by atoms with Gasteiger partial charge in [0, 0.05) is 38.6 Å². The van der Waals surface area contributed by atoms with Crippen molar-refractivity contribution in [1.29, 1.82) is 0 Å². The molecule has 9 nitrogen and oxygen atoms in total. The van der Waals surface area contributed by atoms with Gasteiger partial charge in [-0.3, -0.25) is 9.78 Å². The van der Waals surface area contributed by atoms with Crippen LogP contribution < -0.4 is 10.2 Å². The molecule has 1 aliphatic rings. The normalized spacial score (nSPS) is 17.6. The molecule has 1 aliphatic heterocycles. The quantitative estimate of drug-likeness (QED) is 0.744. The molecular formula is C16H18N8O. The molecule has 0 radical (unpaired) electrons. The van der Waals surface area contributed by atoms with Gasteiger partial charge < -0.3 is 14.8 Å². The Balaban J connectivity index is 1.52. The highest BCUT2D eigenvalue weighted by Gasteiger charge is 2.25. The monoisotopic (exact) mass is 338 g/mol. The second-order valence-electron chi connectivity index (χ2n) is 6.07. The molecule has 1 saturated heterocycles. The highest BCUT2D eigenvalue weighted by atomic mass is 16.2. The van der Waals surface area contributed by atoms with Crippen LogP contribution in [0, 0.1) is 0 Å². The lowest BCUT2D eigenvalue weighted by Crippen LogP contribution is -2.48. The number of carbonyl (C=O) groups is 1. The van der Waals surface area contributed by atoms with Crippen molar-refractivity contribution in [2.75, 3.05) is 18.0 Å². The molecule has 0 spiro atoms. The molecule has 1 fully saturated rings. The lowest BCUT2D eigenvalue weighted by molar-refractivity contribution is 0.0927. The summed E-state index contributed by atoms with van der Waals surface area (Å²) in [5.41, 5.74) is 1.91. The van der Waals surface area contributed by atoms with E-state index in [1.165, 1.54) is 12.4 Å². The molecule has 0 aromatic carbocycles. The predicted molar refractivity (Wildman–Crippen MR) is 91.0 cm³/mol. The number of aryl methyl sites for hydroxylation is 1. The zero-order valence-electron chi connectivity index (χ0n) is 13.8. The van der Waals surface area contributed by atoms with Crippen LogP contribution in [0.1, 0.15) is 23.3 Å². The molecule has 1 unspecified atom stereocenters. The molecule has 1 atom stereocenters. The lowest BCUT2D eigenvalue weighted by atomic mass is 10.1. The number of aromatic nitrogens is 6. The molecule has 9 heteroatoms. The third kappa shape index (κ3) is 3.00. The number of anilines is 1. The topological polar surface area (TPSA) is 102 Å². The van der Waals surface area contributed by atoms with E-state index in [4.69, 9.17) is 0 Å². The second kappa shape index (κ2) is 6.42. The fourth-order valence-corrected chi connectivity index (χ4v) is 3.13. The second-order valence-corrected chi connectivity index (χ2v) is 6.07. The minimum Gasteiger partial charge on any atom is -0.353 e. The minimum absolute atomic E-state index is 0.0250. The third-order valence-corrected chi connectivity index (χ3v) is 4.33. The van der Waals surface area contributed by atoms with Crippen molar-refractivity contribution < 1.29 is 4.79 Å². The first-order valence-electron chi connectivity index (χ1n) is 8.16. The molecule has 0 aliphatic carbocycles. The van der Waals surface area contributed by atoms with Gasteiger partial charge in [-0.15, -0.1) is 0 Å². The molecule has 128 valence electrons. The first-order valence-corrected chi connectivity index (χ1v) is 8.16. The van der Waals surface area contributed by atoms with Crippen molar-refractivity contribution in [2.24, 2.45) is 7.05 Å². The standard InChI is InChI=1S/C16H18N8O/c1-23-10-21-13-14(23)19-9-20-15(13)24-6-2-3-11(8-24)22-16(25)12-7-17-4-5-18-12/h4-5,7,9-11H,2-3,6,8H2,1H3,(H,22,25). The molecule has 4 heterocycles. The van der Waals surface area contributed by atoms with Gasteiger partial charge in [-0.25, -0.2) is 19.9 Å². The maximum Gasteiger partial charge on any atom is 0.271 e. The first kappa shape index (κ1) is 15.4. The summed E-state index contributed by atoms with van der Waals surface area (Å²) in [5, 5.41) is 3.04. The molecule has 0 saturated carbocycles. The van der Waals surface area contributed by atoms with Gasteiger partial charge in [0.15, 0.2) is 17.0 Å². The van der Waals surface area contributed by atoms with E-state index < -0.39 is 0 Å². The van der Waals surface area contributed by atoms with Crippen LogP contribution in [-0.2, 0) is 7.05 Å². The number of amides is 1. The van der Waals surface area contributed by atoms with E-state index in [1.807, 2.05) is 11.6 Å². The van der Waals surface area contributed by atoms with Crippen LogP contribution >= 0.6 is 0 Å². The summed E-state index contributed by atoms with van der Waals surface area (Å²) in [6.07, 6.45) is 9.70. The van der Waals surface area contributed by atoms with Gasteiger partial charge in [-0.2, -0.15) is 0 Å². The van der Waals surface area contributed by atoms with Gasteiger partial charge in [0.05, 0.1) is 12.5 Å². The first-order chi connectivity index (χ1) is 12.2. The van der Waals surface area contributed by atoms with Crippen LogP contribution in [0.3, 0.4) is 0 Å². The maximum absolute atomic E-state index is 12.3.